The van der Waals surface area contributed by atoms with Crippen LogP contribution >= 0.6 is 0 Å². The third-order valence-corrected chi connectivity index (χ3v) is 9.62. The zero-order valence-electron chi connectivity index (χ0n) is 23.2. The lowest BCUT2D eigenvalue weighted by Gasteiger charge is -2.38. The van der Waals surface area contributed by atoms with Crippen LogP contribution in [-0.4, -0.2) is 39.4 Å². The fourth-order valence-corrected chi connectivity index (χ4v) is 6.66. The normalized spacial score (nSPS) is 13.0. The van der Waals surface area contributed by atoms with E-state index in [-0.39, 0.29) is 21.9 Å². The number of nitrogens with one attached hydrogen (secondary N) is 2. The summed E-state index contributed by atoms with van der Waals surface area (Å²) in [6.45, 7) is 3.30. The van der Waals surface area contributed by atoms with Crippen LogP contribution in [0.3, 0.4) is 0 Å². The number of benzene rings is 4. The first-order valence-electron chi connectivity index (χ1n) is 12.7. The Morgan fingerprint density at radius 1 is 0.533 bits per heavy atom. The molecule has 0 saturated heterocycles. The summed E-state index contributed by atoms with van der Waals surface area (Å²) in [6, 6.07) is 12.1. The van der Waals surface area contributed by atoms with Gasteiger partial charge in [0.2, 0.25) is 5.41 Å². The number of aryl methyl sites for hydroxylation is 2. The first kappa shape index (κ1) is 33.5. The van der Waals surface area contributed by atoms with Crippen LogP contribution in [0.1, 0.15) is 22.3 Å². The van der Waals surface area contributed by atoms with E-state index >= 15 is 0 Å². The van der Waals surface area contributed by atoms with Crippen LogP contribution in [0.5, 0.6) is 11.5 Å². The van der Waals surface area contributed by atoms with Crippen LogP contribution in [0.2, 0.25) is 0 Å². The minimum absolute atomic E-state index is 0.186. The molecule has 4 N–H and O–H groups in total. The number of alkyl halides is 6. The van der Waals surface area contributed by atoms with Crippen LogP contribution in [0.15, 0.2) is 94.7 Å². The van der Waals surface area contributed by atoms with Crippen molar-refractivity contribution in [1.82, 2.24) is 0 Å². The van der Waals surface area contributed by atoms with Crippen molar-refractivity contribution in [2.45, 2.75) is 41.4 Å². The highest BCUT2D eigenvalue weighted by Crippen LogP contribution is 2.57. The Labute approximate surface area is 254 Å². The Hall–Kier alpha value is -4.44. The molecule has 0 aliphatic heterocycles. The number of phenolic OH excluding ortho intramolecular Hbond substituents is 2. The monoisotopic (exact) mass is 674 g/mol. The van der Waals surface area contributed by atoms with Crippen LogP contribution in [0.25, 0.3) is 0 Å². The van der Waals surface area contributed by atoms with Crippen molar-refractivity contribution in [1.29, 1.82) is 0 Å². The number of sulfonamides is 2. The Morgan fingerprint density at radius 2 is 0.844 bits per heavy atom. The summed E-state index contributed by atoms with van der Waals surface area (Å²) in [5.41, 5.74) is -8.72. The second kappa shape index (κ2) is 11.5. The van der Waals surface area contributed by atoms with E-state index < -0.39 is 71.8 Å². The molecule has 16 heteroatoms. The Balaban J connectivity index is 1.91. The summed E-state index contributed by atoms with van der Waals surface area (Å²) in [7, 11) is -9.19. The van der Waals surface area contributed by atoms with Gasteiger partial charge in [-0.3, -0.25) is 9.44 Å². The molecule has 4 rings (SSSR count). The minimum Gasteiger partial charge on any atom is -0.506 e. The molecule has 0 spiro atoms. The molecule has 4 aromatic rings. The molecular formula is C29H24F6N2O6S2. The van der Waals surface area contributed by atoms with E-state index in [1.807, 2.05) is 9.44 Å². The van der Waals surface area contributed by atoms with Gasteiger partial charge < -0.3 is 10.2 Å². The first-order chi connectivity index (χ1) is 20.7. The Bertz CT molecular complexity index is 1800. The van der Waals surface area contributed by atoms with Gasteiger partial charge in [-0.05, 0) is 73.5 Å². The lowest BCUT2D eigenvalue weighted by atomic mass is 9.72. The highest BCUT2D eigenvalue weighted by molar-refractivity contribution is 7.93. The van der Waals surface area contributed by atoms with E-state index in [9.17, 15) is 53.4 Å². The third-order valence-electron chi connectivity index (χ3n) is 6.86. The Morgan fingerprint density at radius 3 is 1.13 bits per heavy atom. The molecule has 45 heavy (non-hydrogen) atoms. The molecule has 0 aliphatic carbocycles. The fourth-order valence-electron chi connectivity index (χ4n) is 4.53. The highest BCUT2D eigenvalue weighted by atomic mass is 32.2. The fraction of sp³-hybridized carbons (Fsp3) is 0.172. The molecule has 0 atom stereocenters. The first-order valence-corrected chi connectivity index (χ1v) is 15.6. The van der Waals surface area contributed by atoms with E-state index in [1.54, 1.807) is 13.8 Å². The quantitative estimate of drug-likeness (QED) is 0.121. The summed E-state index contributed by atoms with van der Waals surface area (Å²) < 4.78 is 144. The smallest absolute Gasteiger partial charge is 0.411 e. The lowest BCUT2D eigenvalue weighted by Crippen LogP contribution is -2.54. The molecular weight excluding hydrogens is 650 g/mol. The van der Waals surface area contributed by atoms with Gasteiger partial charge in [0, 0.05) is 0 Å². The van der Waals surface area contributed by atoms with E-state index in [2.05, 4.69) is 0 Å². The molecule has 0 radical (unpaired) electrons. The van der Waals surface area contributed by atoms with Gasteiger partial charge in [0.05, 0.1) is 21.2 Å². The van der Waals surface area contributed by atoms with E-state index in [0.717, 1.165) is 24.3 Å². The van der Waals surface area contributed by atoms with Crippen molar-refractivity contribution < 1.29 is 53.4 Å². The van der Waals surface area contributed by atoms with Gasteiger partial charge in [0.25, 0.3) is 20.0 Å². The number of hydrogen-bond acceptors (Lipinski definition) is 6. The van der Waals surface area contributed by atoms with Gasteiger partial charge in [0.1, 0.15) is 11.5 Å². The molecule has 0 unspecified atom stereocenters. The third kappa shape index (κ3) is 6.38. The number of anilines is 2. The SMILES string of the molecule is Cc1ccc(S(=O)(=O)Nc2cc(C(c3ccc(O)c(NS(=O)(=O)c4ccc(C)cc4)c3)(C(F)(F)F)C(F)(F)F)ccc2O)cc1. The molecule has 0 amide bonds. The summed E-state index contributed by atoms with van der Waals surface area (Å²) in [5.74, 6) is -1.96. The van der Waals surface area contributed by atoms with Crippen molar-refractivity contribution in [3.05, 3.63) is 107 Å². The summed E-state index contributed by atoms with van der Waals surface area (Å²) in [6.07, 6.45) is -12.4. The van der Waals surface area contributed by atoms with Crippen molar-refractivity contribution in [3.63, 3.8) is 0 Å². The second-order valence-corrected chi connectivity index (χ2v) is 13.4. The predicted octanol–water partition coefficient (Wildman–Crippen LogP) is 6.73. The van der Waals surface area contributed by atoms with Crippen molar-refractivity contribution >= 4 is 31.4 Å². The average molecular weight is 675 g/mol. The van der Waals surface area contributed by atoms with Crippen LogP contribution in [0, 0.1) is 13.8 Å². The van der Waals surface area contributed by atoms with Crippen LogP contribution in [0.4, 0.5) is 37.7 Å². The second-order valence-electron chi connectivity index (χ2n) is 10.0. The van der Waals surface area contributed by atoms with E-state index in [0.29, 0.717) is 35.4 Å². The van der Waals surface area contributed by atoms with Crippen molar-refractivity contribution in [2.24, 2.45) is 0 Å². The zero-order chi connectivity index (χ0) is 33.6. The molecule has 0 aromatic heterocycles. The van der Waals surface area contributed by atoms with Gasteiger partial charge in [-0.25, -0.2) is 16.8 Å². The molecule has 0 aliphatic rings. The number of halogens is 6. The molecule has 4 aromatic carbocycles. The molecule has 0 fully saturated rings. The number of hydrogen-bond donors (Lipinski definition) is 4. The topological polar surface area (TPSA) is 133 Å². The number of rotatable bonds is 8. The maximum Gasteiger partial charge on any atom is 0.411 e. The van der Waals surface area contributed by atoms with Gasteiger partial charge in [-0.1, -0.05) is 47.5 Å². The van der Waals surface area contributed by atoms with Crippen LogP contribution < -0.4 is 9.44 Å². The molecule has 0 saturated carbocycles. The summed E-state index contributed by atoms with van der Waals surface area (Å²) in [4.78, 5) is -0.778. The van der Waals surface area contributed by atoms with Crippen molar-refractivity contribution in [3.8, 4) is 11.5 Å². The molecule has 240 valence electrons. The lowest BCUT2D eigenvalue weighted by molar-refractivity contribution is -0.288. The standard InChI is InChI=1S/C29H24F6N2O6S2/c1-17-3-9-21(10-4-17)44(40,41)36-23-15-19(7-13-25(23)38)27(28(30,31)32,29(33,34)35)20-8-14-26(39)24(16-20)37-45(42,43)22-11-5-18(2)6-12-22/h3-16,36-39H,1-2H3. The predicted molar refractivity (Wildman–Crippen MR) is 153 cm³/mol. The maximum absolute atomic E-state index is 14.9. The molecule has 0 heterocycles. The van der Waals surface area contributed by atoms with Gasteiger partial charge in [0.15, 0.2) is 0 Å². The van der Waals surface area contributed by atoms with Gasteiger partial charge in [-0.15, -0.1) is 0 Å². The highest BCUT2D eigenvalue weighted by Gasteiger charge is 2.72. The minimum atomic E-state index is -6.18. The molecule has 8 nitrogen and oxygen atoms in total. The van der Waals surface area contributed by atoms with Crippen molar-refractivity contribution in [2.75, 3.05) is 9.44 Å². The Kier molecular flexibility index (Phi) is 8.54. The van der Waals surface area contributed by atoms with Gasteiger partial charge >= 0.3 is 12.4 Å². The zero-order valence-corrected chi connectivity index (χ0v) is 24.8. The van der Waals surface area contributed by atoms with E-state index in [1.165, 1.54) is 24.3 Å². The van der Waals surface area contributed by atoms with Crippen LogP contribution in [-0.2, 0) is 25.5 Å². The van der Waals surface area contributed by atoms with Gasteiger partial charge in [-0.2, -0.15) is 26.3 Å². The number of aromatic hydroxyl groups is 2. The number of phenols is 2. The molecule has 0 bridgehead atoms. The summed E-state index contributed by atoms with van der Waals surface area (Å²) in [5, 5.41) is 20.5. The largest absolute Gasteiger partial charge is 0.506 e. The maximum atomic E-state index is 14.9. The average Bonchev–Trinajstić information content (AvgIpc) is 2.91. The summed E-state index contributed by atoms with van der Waals surface area (Å²) >= 11 is 0. The van der Waals surface area contributed by atoms with E-state index in [4.69, 9.17) is 0 Å².